The number of hydrogen-bond donors (Lipinski definition) is 0. The molecule has 0 saturated heterocycles. The molecule has 17 heavy (non-hydrogen) atoms. The monoisotopic (exact) mass is 264 g/mol. The number of hydrogen-bond acceptors (Lipinski definition) is 0. The first-order chi connectivity index (χ1) is 8.18. The quantitative estimate of drug-likeness (QED) is 0.620. The van der Waals surface area contributed by atoms with E-state index >= 15 is 0 Å². The van der Waals surface area contributed by atoms with Crippen LogP contribution >= 0.6 is 0 Å². The summed E-state index contributed by atoms with van der Waals surface area (Å²) in [5.74, 6) is 0. The molecule has 1 aliphatic rings. The number of rotatable bonds is 4. The standard InChI is InChI=1S/C10H9.3C2H5.Ti/c1-8-6-9-4-2-3-5-10(9)7-8;3*1-2;/h2-7H,1H3;3*1H2,2H3;. The number of fused-ring (bicyclic) bond motifs is 1. The zero-order valence-corrected chi connectivity index (χ0v) is 13.1. The van der Waals surface area contributed by atoms with E-state index in [4.69, 9.17) is 0 Å². The van der Waals surface area contributed by atoms with Crippen molar-refractivity contribution in [2.45, 2.75) is 46.1 Å². The van der Waals surface area contributed by atoms with Gasteiger partial charge in [-0.15, -0.1) is 0 Å². The van der Waals surface area contributed by atoms with E-state index in [9.17, 15) is 0 Å². The van der Waals surface area contributed by atoms with Crippen molar-refractivity contribution in [3.63, 3.8) is 0 Å². The second-order valence-electron chi connectivity index (χ2n) is 5.37. The van der Waals surface area contributed by atoms with Crippen molar-refractivity contribution in [3.05, 3.63) is 41.0 Å². The Kier molecular flexibility index (Phi) is 3.95. The van der Waals surface area contributed by atoms with Gasteiger partial charge in [0.2, 0.25) is 0 Å². The molecule has 0 heterocycles. The predicted molar refractivity (Wildman–Crippen MR) is 74.3 cm³/mol. The summed E-state index contributed by atoms with van der Waals surface area (Å²) >= 11 is -1.73. The van der Waals surface area contributed by atoms with Gasteiger partial charge in [0.25, 0.3) is 0 Å². The van der Waals surface area contributed by atoms with Crippen LogP contribution in [0.4, 0.5) is 0 Å². The zero-order valence-electron chi connectivity index (χ0n) is 11.6. The van der Waals surface area contributed by atoms with Crippen LogP contribution in [-0.2, 0) is 16.6 Å². The molecule has 0 amide bonds. The molecule has 0 fully saturated rings. The van der Waals surface area contributed by atoms with Crippen molar-refractivity contribution in [2.75, 3.05) is 0 Å². The molecule has 0 nitrogen and oxygen atoms in total. The van der Waals surface area contributed by atoms with Crippen molar-refractivity contribution in [3.8, 4) is 0 Å². The Labute approximate surface area is 109 Å². The first-order valence-corrected chi connectivity index (χ1v) is 11.2. The van der Waals surface area contributed by atoms with E-state index < -0.39 is 16.6 Å². The minimum absolute atomic E-state index is 0.825. The molecule has 0 radical (unpaired) electrons. The van der Waals surface area contributed by atoms with Gasteiger partial charge in [0.1, 0.15) is 0 Å². The van der Waals surface area contributed by atoms with Crippen LogP contribution in [-0.4, -0.2) is 0 Å². The van der Waals surface area contributed by atoms with Gasteiger partial charge < -0.3 is 0 Å². The number of allylic oxidation sites excluding steroid dienone is 1. The van der Waals surface area contributed by atoms with E-state index in [1.807, 2.05) is 0 Å². The Hall–Kier alpha value is -0.326. The molecule has 92 valence electrons. The van der Waals surface area contributed by atoms with E-state index in [1.54, 1.807) is 11.1 Å². The van der Waals surface area contributed by atoms with E-state index in [2.05, 4.69) is 58.0 Å². The van der Waals surface area contributed by atoms with Gasteiger partial charge in [0.15, 0.2) is 0 Å². The average Bonchev–Trinajstić information content (AvgIpc) is 2.70. The van der Waals surface area contributed by atoms with Crippen LogP contribution in [0.15, 0.2) is 29.8 Å². The first kappa shape index (κ1) is 13.1. The summed E-state index contributed by atoms with van der Waals surface area (Å²) in [7, 11) is 0. The Morgan fingerprint density at radius 1 is 1.00 bits per heavy atom. The molecule has 2 rings (SSSR count). The summed E-state index contributed by atoms with van der Waals surface area (Å²) in [6.45, 7) is 9.65. The molecule has 1 aromatic carbocycles. The molecule has 0 aliphatic heterocycles. The van der Waals surface area contributed by atoms with Crippen molar-refractivity contribution < 1.29 is 16.6 Å². The Balaban J connectivity index is 2.49. The minimum atomic E-state index is -1.73. The van der Waals surface area contributed by atoms with Gasteiger partial charge in [-0.1, -0.05) is 0 Å². The third-order valence-electron chi connectivity index (χ3n) is 4.87. The molecule has 1 heteroatoms. The van der Waals surface area contributed by atoms with Crippen LogP contribution in [0.25, 0.3) is 6.08 Å². The molecule has 1 atom stereocenters. The van der Waals surface area contributed by atoms with E-state index in [1.165, 1.54) is 19.7 Å². The van der Waals surface area contributed by atoms with Gasteiger partial charge >= 0.3 is 110 Å². The Morgan fingerprint density at radius 2 is 1.59 bits per heavy atom. The van der Waals surface area contributed by atoms with Crippen molar-refractivity contribution in [1.82, 2.24) is 0 Å². The van der Waals surface area contributed by atoms with Gasteiger partial charge in [-0.2, -0.15) is 0 Å². The average molecular weight is 264 g/mol. The second-order valence-corrected chi connectivity index (χ2v) is 13.8. The van der Waals surface area contributed by atoms with Gasteiger partial charge in [0, 0.05) is 0 Å². The molecule has 1 aliphatic carbocycles. The van der Waals surface area contributed by atoms with Crippen LogP contribution < -0.4 is 0 Å². The van der Waals surface area contributed by atoms with E-state index in [0.717, 1.165) is 4.22 Å². The third kappa shape index (κ3) is 2.06. The fourth-order valence-corrected chi connectivity index (χ4v) is 11.0. The van der Waals surface area contributed by atoms with Gasteiger partial charge in [0.05, 0.1) is 0 Å². The van der Waals surface area contributed by atoms with Crippen LogP contribution in [0.3, 0.4) is 0 Å². The van der Waals surface area contributed by atoms with Crippen molar-refractivity contribution in [2.24, 2.45) is 0 Å². The second kappa shape index (κ2) is 5.12. The molecule has 0 N–H and O–H groups in total. The molecular formula is C16H24Ti. The third-order valence-corrected chi connectivity index (χ3v) is 14.6. The fourth-order valence-electron chi connectivity index (χ4n) is 3.65. The van der Waals surface area contributed by atoms with Crippen LogP contribution in [0.1, 0.15) is 43.0 Å². The fraction of sp³-hybridized carbons (Fsp3) is 0.500. The van der Waals surface area contributed by atoms with Gasteiger partial charge in [-0.05, 0) is 0 Å². The molecule has 0 aromatic heterocycles. The molecule has 0 spiro atoms. The normalized spacial score (nSPS) is 19.1. The summed E-state index contributed by atoms with van der Waals surface area (Å²) in [6, 6.07) is 9.04. The van der Waals surface area contributed by atoms with Crippen LogP contribution in [0, 0.1) is 0 Å². The van der Waals surface area contributed by atoms with Crippen molar-refractivity contribution >= 4 is 6.08 Å². The zero-order chi connectivity index (χ0) is 12.5. The first-order valence-electron chi connectivity index (χ1n) is 6.95. The topological polar surface area (TPSA) is 0 Å². The maximum absolute atomic E-state index is 2.43. The maximum atomic E-state index is 2.43. The van der Waals surface area contributed by atoms with Gasteiger partial charge in [-0.3, -0.25) is 0 Å². The predicted octanol–water partition coefficient (Wildman–Crippen LogP) is 5.61. The van der Waals surface area contributed by atoms with Crippen molar-refractivity contribution in [1.29, 1.82) is 0 Å². The Morgan fingerprint density at radius 3 is 2.18 bits per heavy atom. The van der Waals surface area contributed by atoms with Crippen LogP contribution in [0.2, 0.25) is 14.2 Å². The summed E-state index contributed by atoms with van der Waals surface area (Å²) in [4.78, 5) is 0. The van der Waals surface area contributed by atoms with Gasteiger partial charge in [-0.25, -0.2) is 0 Å². The Bertz CT molecular complexity index is 419. The van der Waals surface area contributed by atoms with E-state index in [-0.39, 0.29) is 0 Å². The molecule has 1 aromatic rings. The SMILES string of the molecule is C[CH2][Ti]([CH2]C)([CH2]C)[CH]1C(C)=Cc2ccccc21. The molecular weight excluding hydrogens is 240 g/mol. The summed E-state index contributed by atoms with van der Waals surface area (Å²) < 4.78 is 5.19. The number of benzene rings is 1. The molecule has 0 bridgehead atoms. The van der Waals surface area contributed by atoms with Crippen LogP contribution in [0.5, 0.6) is 0 Å². The summed E-state index contributed by atoms with van der Waals surface area (Å²) in [5.41, 5.74) is 4.76. The summed E-state index contributed by atoms with van der Waals surface area (Å²) in [5, 5.41) is 0. The molecule has 0 saturated carbocycles. The molecule has 1 unspecified atom stereocenters. The van der Waals surface area contributed by atoms with E-state index in [0.29, 0.717) is 0 Å². The summed E-state index contributed by atoms with van der Waals surface area (Å²) in [6.07, 6.45) is 2.43.